The van der Waals surface area contributed by atoms with Gasteiger partial charge in [-0.2, -0.15) is 5.26 Å². The largest absolute Gasteiger partial charge is 0.485 e. The van der Waals surface area contributed by atoms with Gasteiger partial charge in [0.1, 0.15) is 23.3 Å². The zero-order chi connectivity index (χ0) is 18.0. The summed E-state index contributed by atoms with van der Waals surface area (Å²) in [5, 5.41) is 23.2. The third kappa shape index (κ3) is 3.51. The lowest BCUT2D eigenvalue weighted by Crippen LogP contribution is -2.52. The first-order chi connectivity index (χ1) is 11.9. The molecular formula is C20H21FN2O2. The summed E-state index contributed by atoms with van der Waals surface area (Å²) in [6.45, 7) is 4.14. The Labute approximate surface area is 146 Å². The Hall–Kier alpha value is -2.42. The van der Waals surface area contributed by atoms with Gasteiger partial charge in [-0.3, -0.25) is 0 Å². The van der Waals surface area contributed by atoms with Gasteiger partial charge in [-0.15, -0.1) is 0 Å². The van der Waals surface area contributed by atoms with Crippen molar-refractivity contribution in [1.29, 1.82) is 5.26 Å². The maximum Gasteiger partial charge on any atom is 0.131 e. The van der Waals surface area contributed by atoms with Crippen LogP contribution in [0.25, 0.3) is 0 Å². The molecule has 0 saturated heterocycles. The molecule has 1 aliphatic heterocycles. The van der Waals surface area contributed by atoms with E-state index in [1.807, 2.05) is 13.8 Å². The number of hydrogen-bond acceptors (Lipinski definition) is 4. The number of nitriles is 1. The number of hydrogen-bond donors (Lipinski definition) is 2. The quantitative estimate of drug-likeness (QED) is 0.898. The van der Waals surface area contributed by atoms with Crippen LogP contribution < -0.4 is 10.1 Å². The normalized spacial score (nSPS) is 21.1. The summed E-state index contributed by atoms with van der Waals surface area (Å²) < 4.78 is 19.6. The molecule has 0 spiro atoms. The van der Waals surface area contributed by atoms with Crippen molar-refractivity contribution in [3.05, 3.63) is 65.0 Å². The van der Waals surface area contributed by atoms with Crippen LogP contribution in [0.15, 0.2) is 42.5 Å². The molecule has 0 radical (unpaired) electrons. The molecule has 3 rings (SSSR count). The minimum absolute atomic E-state index is 0.232. The first kappa shape index (κ1) is 17.4. The highest BCUT2D eigenvalue weighted by Crippen LogP contribution is 2.40. The maximum absolute atomic E-state index is 13.8. The predicted octanol–water partition coefficient (Wildman–Crippen LogP) is 3.10. The fraction of sp³-hybridized carbons (Fsp3) is 0.350. The number of rotatable bonds is 4. The summed E-state index contributed by atoms with van der Waals surface area (Å²) in [5.41, 5.74) is 1.12. The Morgan fingerprint density at radius 1 is 1.28 bits per heavy atom. The second kappa shape index (κ2) is 6.83. The topological polar surface area (TPSA) is 65.3 Å². The second-order valence-corrected chi connectivity index (χ2v) is 6.79. The van der Waals surface area contributed by atoms with Crippen molar-refractivity contribution in [2.24, 2.45) is 0 Å². The summed E-state index contributed by atoms with van der Waals surface area (Å²) in [6.07, 6.45) is -0.292. The number of aliphatic hydroxyl groups excluding tert-OH is 1. The Balaban J connectivity index is 1.82. The lowest BCUT2D eigenvalue weighted by Gasteiger charge is -2.42. The number of nitrogens with zero attached hydrogens (tertiary/aromatic N) is 1. The molecule has 0 aliphatic carbocycles. The van der Waals surface area contributed by atoms with Crippen molar-refractivity contribution in [3.63, 3.8) is 0 Å². The lowest BCUT2D eigenvalue weighted by atomic mass is 9.86. The van der Waals surface area contributed by atoms with E-state index < -0.39 is 11.7 Å². The fourth-order valence-electron chi connectivity index (χ4n) is 3.15. The monoisotopic (exact) mass is 340 g/mol. The number of fused-ring (bicyclic) bond motifs is 1. The van der Waals surface area contributed by atoms with E-state index in [1.54, 1.807) is 36.4 Å². The van der Waals surface area contributed by atoms with Gasteiger partial charge in [0.25, 0.3) is 0 Å². The summed E-state index contributed by atoms with van der Waals surface area (Å²) >= 11 is 0. The van der Waals surface area contributed by atoms with Gasteiger partial charge >= 0.3 is 0 Å². The molecule has 2 atom stereocenters. The van der Waals surface area contributed by atoms with Crippen molar-refractivity contribution in [1.82, 2.24) is 5.32 Å². The summed E-state index contributed by atoms with van der Waals surface area (Å²) in [6, 6.07) is 13.6. The molecule has 130 valence electrons. The van der Waals surface area contributed by atoms with Crippen molar-refractivity contribution in [2.75, 3.05) is 6.54 Å². The van der Waals surface area contributed by atoms with Crippen molar-refractivity contribution < 1.29 is 14.2 Å². The smallest absolute Gasteiger partial charge is 0.131 e. The number of nitrogens with one attached hydrogen (secondary N) is 1. The van der Waals surface area contributed by atoms with E-state index in [2.05, 4.69) is 11.4 Å². The van der Waals surface area contributed by atoms with Crippen LogP contribution in [0, 0.1) is 17.1 Å². The molecule has 1 aliphatic rings. The van der Waals surface area contributed by atoms with Crippen LogP contribution in [0.2, 0.25) is 0 Å². The highest BCUT2D eigenvalue weighted by Gasteiger charge is 2.42. The molecule has 2 aromatic carbocycles. The Bertz CT molecular complexity index is 814. The average Bonchev–Trinajstić information content (AvgIpc) is 2.59. The zero-order valence-corrected chi connectivity index (χ0v) is 14.3. The minimum atomic E-state index is -0.797. The van der Waals surface area contributed by atoms with Gasteiger partial charge in [0.15, 0.2) is 0 Å². The van der Waals surface area contributed by atoms with Crippen molar-refractivity contribution in [3.8, 4) is 11.8 Å². The van der Waals surface area contributed by atoms with Crippen LogP contribution in [0.1, 0.15) is 36.6 Å². The van der Waals surface area contributed by atoms with Crippen LogP contribution >= 0.6 is 0 Å². The van der Waals surface area contributed by atoms with E-state index >= 15 is 0 Å². The van der Waals surface area contributed by atoms with E-state index in [-0.39, 0.29) is 11.9 Å². The van der Waals surface area contributed by atoms with Crippen LogP contribution in [0.4, 0.5) is 4.39 Å². The highest BCUT2D eigenvalue weighted by molar-refractivity contribution is 5.46. The Morgan fingerprint density at radius 2 is 2.04 bits per heavy atom. The molecule has 4 nitrogen and oxygen atoms in total. The van der Waals surface area contributed by atoms with E-state index in [1.165, 1.54) is 6.07 Å². The number of aliphatic hydroxyl groups is 1. The molecule has 0 saturated carbocycles. The molecular weight excluding hydrogens is 319 g/mol. The number of ether oxygens (including phenoxy) is 1. The molecule has 2 aromatic rings. The molecule has 1 heterocycles. The number of benzene rings is 2. The van der Waals surface area contributed by atoms with Gasteiger partial charge < -0.3 is 15.2 Å². The minimum Gasteiger partial charge on any atom is -0.485 e. The van der Waals surface area contributed by atoms with E-state index in [0.717, 1.165) is 5.56 Å². The molecule has 0 fully saturated rings. The van der Waals surface area contributed by atoms with Crippen LogP contribution in [-0.2, 0) is 6.42 Å². The summed E-state index contributed by atoms with van der Waals surface area (Å²) in [7, 11) is 0. The van der Waals surface area contributed by atoms with Crippen LogP contribution in [-0.4, -0.2) is 23.4 Å². The Morgan fingerprint density at radius 3 is 2.76 bits per heavy atom. The summed E-state index contributed by atoms with van der Waals surface area (Å²) in [5.74, 6) is 0.419. The third-order valence-electron chi connectivity index (χ3n) is 4.59. The molecule has 5 heteroatoms. The molecule has 0 amide bonds. The van der Waals surface area contributed by atoms with E-state index in [9.17, 15) is 9.50 Å². The maximum atomic E-state index is 13.8. The van der Waals surface area contributed by atoms with Gasteiger partial charge in [0.05, 0.1) is 17.7 Å². The summed E-state index contributed by atoms with van der Waals surface area (Å²) in [4.78, 5) is 0. The molecule has 2 N–H and O–H groups in total. The third-order valence-corrected chi connectivity index (χ3v) is 4.59. The van der Waals surface area contributed by atoms with Crippen LogP contribution in [0.5, 0.6) is 5.75 Å². The predicted molar refractivity (Wildman–Crippen MR) is 92.7 cm³/mol. The van der Waals surface area contributed by atoms with Gasteiger partial charge in [0, 0.05) is 5.56 Å². The molecule has 0 unspecified atom stereocenters. The lowest BCUT2D eigenvalue weighted by molar-refractivity contribution is -0.0644. The van der Waals surface area contributed by atoms with Gasteiger partial charge in [-0.05, 0) is 56.6 Å². The SMILES string of the molecule is CC1(C)Oc2ccc(C#N)cc2[C@H](NCCc2ccccc2F)[C@H]1O. The van der Waals surface area contributed by atoms with Gasteiger partial charge in [0.2, 0.25) is 0 Å². The fourth-order valence-corrected chi connectivity index (χ4v) is 3.15. The first-order valence-corrected chi connectivity index (χ1v) is 8.30. The average molecular weight is 340 g/mol. The highest BCUT2D eigenvalue weighted by atomic mass is 19.1. The Kier molecular flexibility index (Phi) is 4.76. The van der Waals surface area contributed by atoms with E-state index in [4.69, 9.17) is 10.00 Å². The van der Waals surface area contributed by atoms with Gasteiger partial charge in [-0.1, -0.05) is 18.2 Å². The van der Waals surface area contributed by atoms with Gasteiger partial charge in [-0.25, -0.2) is 4.39 Å². The van der Waals surface area contributed by atoms with Crippen molar-refractivity contribution >= 4 is 0 Å². The van der Waals surface area contributed by atoms with Crippen LogP contribution in [0.3, 0.4) is 0 Å². The standard InChI is InChI=1S/C20H21FN2O2/c1-20(2)19(24)18(15-11-13(12-22)7-8-17(15)25-20)23-10-9-14-5-3-4-6-16(14)21/h3-8,11,18-19,23-24H,9-10H2,1-2H3/t18-,19+/m0/s1. The molecule has 0 bridgehead atoms. The molecule has 25 heavy (non-hydrogen) atoms. The molecule has 0 aromatic heterocycles. The first-order valence-electron chi connectivity index (χ1n) is 8.30. The number of halogens is 1. The second-order valence-electron chi connectivity index (χ2n) is 6.79. The zero-order valence-electron chi connectivity index (χ0n) is 14.3. The van der Waals surface area contributed by atoms with Crippen molar-refractivity contribution in [2.45, 2.75) is 38.0 Å². The van der Waals surface area contributed by atoms with E-state index in [0.29, 0.717) is 29.8 Å².